The molecule has 1 amide bonds. The van der Waals surface area contributed by atoms with Crippen molar-refractivity contribution in [3.8, 4) is 0 Å². The average molecular weight is 262 g/mol. The van der Waals surface area contributed by atoms with Crippen LogP contribution in [0.4, 0.5) is 0 Å². The molecular weight excluding hydrogens is 252 g/mol. The third-order valence-electron chi connectivity index (χ3n) is 2.81. The van der Waals surface area contributed by atoms with Gasteiger partial charge in [-0.2, -0.15) is 0 Å². The summed E-state index contributed by atoms with van der Waals surface area (Å²) in [5, 5.41) is 1.89. The lowest BCUT2D eigenvalue weighted by Gasteiger charge is -2.08. The summed E-state index contributed by atoms with van der Waals surface area (Å²) in [7, 11) is 0. The van der Waals surface area contributed by atoms with Crippen molar-refractivity contribution in [3.63, 3.8) is 0 Å². The van der Waals surface area contributed by atoms with Gasteiger partial charge in [0.15, 0.2) is 0 Å². The van der Waals surface area contributed by atoms with Crippen LogP contribution in [0.1, 0.15) is 0 Å². The molecule has 0 fully saturated rings. The first-order chi connectivity index (χ1) is 8.72. The normalized spacial score (nSPS) is 11.2. The third kappa shape index (κ3) is 1.45. The molecule has 0 saturated carbocycles. The summed E-state index contributed by atoms with van der Waals surface area (Å²) in [5.74, 6) is 4.66. The first kappa shape index (κ1) is 11.0. The molecule has 0 saturated heterocycles. The van der Waals surface area contributed by atoms with E-state index in [0.717, 1.165) is 10.3 Å². The Morgan fingerprint density at radius 3 is 3.00 bits per heavy atom. The Labute approximate surface area is 105 Å². The number of hydrogen-bond acceptors (Lipinski definition) is 4. The van der Waals surface area contributed by atoms with Crippen LogP contribution in [0.15, 0.2) is 34.6 Å². The minimum atomic E-state index is -0.400. The molecule has 3 aromatic rings. The molecule has 0 aliphatic rings. The average Bonchev–Trinajstić information content (AvgIpc) is 3.00. The second-order valence-corrected chi connectivity index (χ2v) is 4.73. The summed E-state index contributed by atoms with van der Waals surface area (Å²) in [4.78, 5) is 24.4. The lowest BCUT2D eigenvalue weighted by molar-refractivity contribution is -0.121. The molecule has 6 nitrogen and oxygen atoms in total. The second-order valence-electron chi connectivity index (χ2n) is 3.83. The molecule has 3 aromatic heterocycles. The van der Waals surface area contributed by atoms with E-state index in [1.54, 1.807) is 12.1 Å². The zero-order valence-electron chi connectivity index (χ0n) is 9.29. The summed E-state index contributed by atoms with van der Waals surface area (Å²) in [6.07, 6.45) is 1.83. The first-order valence-electron chi connectivity index (χ1n) is 5.29. The van der Waals surface area contributed by atoms with Gasteiger partial charge in [-0.3, -0.25) is 19.6 Å². The molecule has 3 rings (SSSR count). The fraction of sp³-hybridized carbons (Fsp3) is 0.0909. The number of amides is 1. The standard InChI is InChI=1S/C11H10N4O2S/c12-13-9(16)6-15-10(17)7-2-1-4-14(7)8-3-5-18-11(8)15/h1-5H,6,12H2,(H,13,16). The Kier molecular flexibility index (Phi) is 2.42. The van der Waals surface area contributed by atoms with Crippen LogP contribution in [-0.2, 0) is 11.3 Å². The van der Waals surface area contributed by atoms with Crippen LogP contribution >= 0.6 is 11.3 Å². The van der Waals surface area contributed by atoms with Gasteiger partial charge < -0.3 is 4.40 Å². The van der Waals surface area contributed by atoms with E-state index >= 15 is 0 Å². The van der Waals surface area contributed by atoms with Crippen molar-refractivity contribution in [1.29, 1.82) is 0 Å². The molecule has 0 aliphatic carbocycles. The smallest absolute Gasteiger partial charge is 0.276 e. The SMILES string of the molecule is NNC(=O)Cn1c(=O)c2cccn2c2ccsc21. The molecule has 0 atom stereocenters. The van der Waals surface area contributed by atoms with Gasteiger partial charge in [0.05, 0.1) is 5.52 Å². The Bertz CT molecular complexity index is 798. The minimum absolute atomic E-state index is 0.0754. The number of aromatic nitrogens is 2. The lowest BCUT2D eigenvalue weighted by atomic mass is 10.4. The molecule has 3 N–H and O–H groups in total. The quantitative estimate of drug-likeness (QED) is 0.396. The zero-order valence-corrected chi connectivity index (χ0v) is 10.1. The fourth-order valence-corrected chi connectivity index (χ4v) is 2.90. The highest BCUT2D eigenvalue weighted by Crippen LogP contribution is 2.20. The summed E-state index contributed by atoms with van der Waals surface area (Å²) >= 11 is 1.42. The molecular formula is C11H10N4O2S. The van der Waals surface area contributed by atoms with Crippen LogP contribution in [0.25, 0.3) is 15.9 Å². The molecule has 0 radical (unpaired) electrons. The second kappa shape index (κ2) is 3.97. The van der Waals surface area contributed by atoms with E-state index in [4.69, 9.17) is 5.84 Å². The van der Waals surface area contributed by atoms with E-state index in [2.05, 4.69) is 0 Å². The molecule has 18 heavy (non-hydrogen) atoms. The van der Waals surface area contributed by atoms with Crippen molar-refractivity contribution in [1.82, 2.24) is 14.4 Å². The summed E-state index contributed by atoms with van der Waals surface area (Å²) in [6.45, 7) is -0.0754. The number of hydrazine groups is 1. The Morgan fingerprint density at radius 2 is 2.22 bits per heavy atom. The van der Waals surface area contributed by atoms with Crippen LogP contribution in [0, 0.1) is 0 Å². The maximum Gasteiger partial charge on any atom is 0.276 e. The van der Waals surface area contributed by atoms with E-state index < -0.39 is 5.91 Å². The number of nitrogens with zero attached hydrogens (tertiary/aromatic N) is 2. The van der Waals surface area contributed by atoms with Crippen molar-refractivity contribution in [2.24, 2.45) is 5.84 Å². The number of nitrogens with one attached hydrogen (secondary N) is 1. The molecule has 7 heteroatoms. The first-order valence-corrected chi connectivity index (χ1v) is 6.17. The van der Waals surface area contributed by atoms with Crippen LogP contribution in [-0.4, -0.2) is 14.9 Å². The monoisotopic (exact) mass is 262 g/mol. The van der Waals surface area contributed by atoms with Gasteiger partial charge in [-0.25, -0.2) is 5.84 Å². The molecule has 0 spiro atoms. The molecule has 0 bridgehead atoms. The Morgan fingerprint density at radius 1 is 1.39 bits per heavy atom. The highest BCUT2D eigenvalue weighted by Gasteiger charge is 2.13. The number of carbonyl (C=O) groups excluding carboxylic acids is 1. The van der Waals surface area contributed by atoms with Crippen molar-refractivity contribution in [2.45, 2.75) is 6.54 Å². The highest BCUT2D eigenvalue weighted by molar-refractivity contribution is 7.16. The van der Waals surface area contributed by atoms with Crippen molar-refractivity contribution in [3.05, 3.63) is 40.1 Å². The van der Waals surface area contributed by atoms with Crippen molar-refractivity contribution < 1.29 is 4.79 Å². The summed E-state index contributed by atoms with van der Waals surface area (Å²) in [5.41, 5.74) is 3.30. The number of thiophene rings is 1. The predicted molar refractivity (Wildman–Crippen MR) is 69.4 cm³/mol. The fourth-order valence-electron chi connectivity index (χ4n) is 2.01. The topological polar surface area (TPSA) is 81.5 Å². The van der Waals surface area contributed by atoms with Gasteiger partial charge in [0, 0.05) is 6.20 Å². The minimum Gasteiger partial charge on any atom is -0.310 e. The number of rotatable bonds is 2. The van der Waals surface area contributed by atoms with Gasteiger partial charge in [-0.1, -0.05) is 0 Å². The van der Waals surface area contributed by atoms with Crippen LogP contribution in [0.2, 0.25) is 0 Å². The van der Waals surface area contributed by atoms with E-state index in [-0.39, 0.29) is 12.1 Å². The molecule has 92 valence electrons. The molecule has 3 heterocycles. The van der Waals surface area contributed by atoms with Crippen molar-refractivity contribution >= 4 is 33.1 Å². The number of fused-ring (bicyclic) bond motifs is 3. The van der Waals surface area contributed by atoms with E-state index in [1.165, 1.54) is 15.9 Å². The summed E-state index contributed by atoms with van der Waals surface area (Å²) in [6, 6.07) is 5.46. The predicted octanol–water partition coefficient (Wildman–Crippen LogP) is 0.306. The largest absolute Gasteiger partial charge is 0.310 e. The van der Waals surface area contributed by atoms with Gasteiger partial charge >= 0.3 is 0 Å². The molecule has 0 unspecified atom stereocenters. The van der Waals surface area contributed by atoms with Gasteiger partial charge in [0.1, 0.15) is 16.9 Å². The Balaban J connectivity index is 2.38. The van der Waals surface area contributed by atoms with Gasteiger partial charge in [0.2, 0.25) is 0 Å². The van der Waals surface area contributed by atoms with E-state index in [9.17, 15) is 9.59 Å². The zero-order chi connectivity index (χ0) is 12.7. The van der Waals surface area contributed by atoms with E-state index in [1.807, 2.05) is 27.5 Å². The Hall–Kier alpha value is -2.12. The number of hydrogen-bond donors (Lipinski definition) is 2. The van der Waals surface area contributed by atoms with Gasteiger partial charge in [-0.15, -0.1) is 11.3 Å². The van der Waals surface area contributed by atoms with Gasteiger partial charge in [-0.05, 0) is 23.6 Å². The maximum absolute atomic E-state index is 12.3. The van der Waals surface area contributed by atoms with Crippen LogP contribution in [0.3, 0.4) is 0 Å². The summed E-state index contributed by atoms with van der Waals surface area (Å²) < 4.78 is 3.27. The lowest BCUT2D eigenvalue weighted by Crippen LogP contribution is -2.36. The molecule has 0 aliphatic heterocycles. The highest BCUT2D eigenvalue weighted by atomic mass is 32.1. The van der Waals surface area contributed by atoms with Gasteiger partial charge in [0.25, 0.3) is 11.5 Å². The number of carbonyl (C=O) groups is 1. The maximum atomic E-state index is 12.3. The van der Waals surface area contributed by atoms with Crippen LogP contribution in [0.5, 0.6) is 0 Å². The molecule has 0 aromatic carbocycles. The van der Waals surface area contributed by atoms with Crippen molar-refractivity contribution in [2.75, 3.05) is 0 Å². The van der Waals surface area contributed by atoms with Crippen LogP contribution < -0.4 is 16.8 Å². The van der Waals surface area contributed by atoms with E-state index in [0.29, 0.717) is 5.52 Å². The third-order valence-corrected chi connectivity index (χ3v) is 3.73. The number of nitrogens with two attached hydrogens (primary N) is 1.